The summed E-state index contributed by atoms with van der Waals surface area (Å²) in [7, 11) is 0. The highest BCUT2D eigenvalue weighted by Crippen LogP contribution is 2.62. The van der Waals surface area contributed by atoms with Crippen molar-refractivity contribution in [2.45, 2.75) is 44.4 Å². The Balaban J connectivity index is 1.83. The van der Waals surface area contributed by atoms with Crippen molar-refractivity contribution in [2.24, 2.45) is 17.8 Å². The lowest BCUT2D eigenvalue weighted by Gasteiger charge is -2.13. The van der Waals surface area contributed by atoms with Crippen molar-refractivity contribution >= 4 is 15.9 Å². The molecular weight excluding hydrogens is 291 g/mol. The molecule has 2 saturated carbocycles. The summed E-state index contributed by atoms with van der Waals surface area (Å²) in [5.41, 5.74) is 2.82. The van der Waals surface area contributed by atoms with Crippen LogP contribution in [0.2, 0.25) is 0 Å². The molecule has 3 unspecified atom stereocenters. The summed E-state index contributed by atoms with van der Waals surface area (Å²) in [6.45, 7) is 3.73. The Kier molecular flexibility index (Phi) is 3.25. The first kappa shape index (κ1) is 12.7. The van der Waals surface area contributed by atoms with Gasteiger partial charge in [-0.2, -0.15) is 0 Å². The molecular formula is C16H20BrF. The van der Waals surface area contributed by atoms with Crippen LogP contribution in [0.15, 0.2) is 12.1 Å². The maximum absolute atomic E-state index is 13.7. The summed E-state index contributed by atoms with van der Waals surface area (Å²) < 4.78 is 13.7. The number of alkyl halides is 1. The fourth-order valence-corrected chi connectivity index (χ4v) is 4.89. The number of rotatable bonds is 2. The largest absolute Gasteiger partial charge is 0.206 e. The van der Waals surface area contributed by atoms with Crippen molar-refractivity contribution in [3.8, 4) is 0 Å². The van der Waals surface area contributed by atoms with Gasteiger partial charge in [-0.15, -0.1) is 0 Å². The molecule has 0 bridgehead atoms. The first-order valence-corrected chi connectivity index (χ1v) is 7.92. The predicted octanol–water partition coefficient (Wildman–Crippen LogP) is 5.31. The fourth-order valence-electron chi connectivity index (χ4n) is 3.84. The van der Waals surface area contributed by atoms with E-state index in [2.05, 4.69) is 15.9 Å². The smallest absolute Gasteiger partial charge is 0.129 e. The lowest BCUT2D eigenvalue weighted by molar-refractivity contribution is 0.480. The number of hydrogen-bond acceptors (Lipinski definition) is 0. The minimum absolute atomic E-state index is 0.0494. The summed E-state index contributed by atoms with van der Waals surface area (Å²) in [5.74, 6) is 2.59. The van der Waals surface area contributed by atoms with Gasteiger partial charge < -0.3 is 0 Å². The number of fused-ring (bicyclic) bond motifs is 1. The third-order valence-electron chi connectivity index (χ3n) is 4.84. The van der Waals surface area contributed by atoms with E-state index in [1.807, 2.05) is 26.0 Å². The van der Waals surface area contributed by atoms with E-state index in [9.17, 15) is 4.39 Å². The van der Waals surface area contributed by atoms with Gasteiger partial charge in [0.25, 0.3) is 0 Å². The zero-order chi connectivity index (χ0) is 12.9. The lowest BCUT2D eigenvalue weighted by atomic mass is 10.0. The molecule has 0 N–H and O–H groups in total. The maximum atomic E-state index is 13.7. The van der Waals surface area contributed by atoms with Crippen molar-refractivity contribution < 1.29 is 4.39 Å². The van der Waals surface area contributed by atoms with Crippen molar-refractivity contribution in [3.05, 3.63) is 34.6 Å². The molecule has 2 aliphatic rings. The van der Waals surface area contributed by atoms with Crippen LogP contribution >= 0.6 is 15.9 Å². The van der Waals surface area contributed by atoms with Gasteiger partial charge in [0.05, 0.1) is 0 Å². The van der Waals surface area contributed by atoms with Gasteiger partial charge in [-0.1, -0.05) is 40.9 Å². The van der Waals surface area contributed by atoms with Gasteiger partial charge in [-0.25, -0.2) is 4.39 Å². The Morgan fingerprint density at radius 3 is 2.11 bits per heavy atom. The fraction of sp³-hybridized carbons (Fsp3) is 0.625. The summed E-state index contributed by atoms with van der Waals surface area (Å²) in [4.78, 5) is 0.420. The number of hydrogen-bond donors (Lipinski definition) is 0. The van der Waals surface area contributed by atoms with Crippen LogP contribution in [-0.4, -0.2) is 0 Å². The number of benzene rings is 1. The molecule has 1 aromatic rings. The van der Waals surface area contributed by atoms with Gasteiger partial charge in [0.15, 0.2) is 0 Å². The molecule has 0 radical (unpaired) electrons. The Morgan fingerprint density at radius 2 is 1.61 bits per heavy atom. The Morgan fingerprint density at radius 1 is 1.11 bits per heavy atom. The van der Waals surface area contributed by atoms with Gasteiger partial charge in [0.2, 0.25) is 0 Å². The molecule has 0 spiro atoms. The number of aryl methyl sites for hydroxylation is 2. The number of halogens is 2. The quantitative estimate of drug-likeness (QED) is 0.649. The zero-order valence-electron chi connectivity index (χ0n) is 11.0. The van der Waals surface area contributed by atoms with Gasteiger partial charge in [0.1, 0.15) is 5.82 Å². The van der Waals surface area contributed by atoms with E-state index >= 15 is 0 Å². The molecule has 3 rings (SSSR count). The molecule has 0 aliphatic heterocycles. The monoisotopic (exact) mass is 310 g/mol. The third-order valence-corrected chi connectivity index (χ3v) is 5.98. The molecule has 0 aromatic heterocycles. The molecule has 0 heterocycles. The van der Waals surface area contributed by atoms with Crippen LogP contribution in [0.3, 0.4) is 0 Å². The normalized spacial score (nSPS) is 31.9. The van der Waals surface area contributed by atoms with Crippen LogP contribution in [0.4, 0.5) is 4.39 Å². The molecule has 1 aromatic carbocycles. The van der Waals surface area contributed by atoms with E-state index in [1.165, 1.54) is 31.2 Å². The second-order valence-electron chi connectivity index (χ2n) is 6.06. The van der Waals surface area contributed by atoms with Crippen LogP contribution in [0.5, 0.6) is 0 Å². The van der Waals surface area contributed by atoms with Gasteiger partial charge in [-0.3, -0.25) is 0 Å². The van der Waals surface area contributed by atoms with Crippen LogP contribution in [-0.2, 0) is 0 Å². The second kappa shape index (κ2) is 4.63. The Labute approximate surface area is 117 Å². The summed E-state index contributed by atoms with van der Waals surface area (Å²) in [6, 6.07) is 4.04. The first-order valence-electron chi connectivity index (χ1n) is 7.00. The molecule has 98 valence electrons. The Hall–Kier alpha value is -0.370. The highest BCUT2D eigenvalue weighted by Gasteiger charge is 2.53. The van der Waals surface area contributed by atoms with Gasteiger partial charge in [-0.05, 0) is 61.1 Å². The highest BCUT2D eigenvalue weighted by molar-refractivity contribution is 9.09. The SMILES string of the molecule is Cc1cc(C(Br)C2C3CCCCC32)cc(C)c1F. The van der Waals surface area contributed by atoms with Crippen molar-refractivity contribution in [3.63, 3.8) is 0 Å². The molecule has 2 fully saturated rings. The zero-order valence-corrected chi connectivity index (χ0v) is 12.6. The van der Waals surface area contributed by atoms with E-state index in [0.29, 0.717) is 4.83 Å². The van der Waals surface area contributed by atoms with E-state index in [1.54, 1.807) is 0 Å². The average molecular weight is 311 g/mol. The van der Waals surface area contributed by atoms with E-state index in [4.69, 9.17) is 0 Å². The average Bonchev–Trinajstić information content (AvgIpc) is 3.08. The molecule has 0 saturated heterocycles. The summed E-state index contributed by atoms with van der Waals surface area (Å²) in [5, 5.41) is 0. The molecule has 0 nitrogen and oxygen atoms in total. The minimum Gasteiger partial charge on any atom is -0.206 e. The maximum Gasteiger partial charge on any atom is 0.129 e. The van der Waals surface area contributed by atoms with Crippen LogP contribution in [0.25, 0.3) is 0 Å². The molecule has 2 aliphatic carbocycles. The van der Waals surface area contributed by atoms with Crippen LogP contribution in [0.1, 0.15) is 47.2 Å². The van der Waals surface area contributed by atoms with E-state index in [0.717, 1.165) is 28.9 Å². The Bertz CT molecular complexity index is 433. The van der Waals surface area contributed by atoms with Crippen molar-refractivity contribution in [2.75, 3.05) is 0 Å². The van der Waals surface area contributed by atoms with Gasteiger partial charge >= 0.3 is 0 Å². The first-order chi connectivity index (χ1) is 8.59. The predicted molar refractivity (Wildman–Crippen MR) is 76.5 cm³/mol. The highest BCUT2D eigenvalue weighted by atomic mass is 79.9. The lowest BCUT2D eigenvalue weighted by Crippen LogP contribution is -1.99. The third kappa shape index (κ3) is 2.03. The molecule has 2 heteroatoms. The molecule has 0 amide bonds. The molecule has 3 atom stereocenters. The van der Waals surface area contributed by atoms with Crippen LogP contribution in [0, 0.1) is 37.4 Å². The topological polar surface area (TPSA) is 0 Å². The second-order valence-corrected chi connectivity index (χ2v) is 7.05. The van der Waals surface area contributed by atoms with Crippen molar-refractivity contribution in [1.82, 2.24) is 0 Å². The standard InChI is InChI=1S/C16H20BrF/c1-9-7-11(8-10(2)16(9)18)15(17)14-12-5-3-4-6-13(12)14/h7-8,12-15H,3-6H2,1-2H3. The van der Waals surface area contributed by atoms with E-state index in [-0.39, 0.29) is 5.82 Å². The summed E-state index contributed by atoms with van der Waals surface area (Å²) in [6.07, 6.45) is 5.60. The molecule has 18 heavy (non-hydrogen) atoms. The van der Waals surface area contributed by atoms with Crippen molar-refractivity contribution in [1.29, 1.82) is 0 Å². The van der Waals surface area contributed by atoms with E-state index < -0.39 is 0 Å². The van der Waals surface area contributed by atoms with Gasteiger partial charge in [0, 0.05) is 4.83 Å². The minimum atomic E-state index is -0.0494. The van der Waals surface area contributed by atoms with Crippen LogP contribution < -0.4 is 0 Å². The summed E-state index contributed by atoms with van der Waals surface area (Å²) >= 11 is 3.87.